The van der Waals surface area contributed by atoms with Gasteiger partial charge in [0.1, 0.15) is 0 Å². The lowest BCUT2D eigenvalue weighted by molar-refractivity contribution is 0.100. The maximum Gasteiger partial charge on any atom is 0.193 e. The lowest BCUT2D eigenvalue weighted by Gasteiger charge is -1.99. The second kappa shape index (κ2) is 54.1. The van der Waals surface area contributed by atoms with E-state index in [0.29, 0.717) is 0 Å². The third-order valence-electron chi connectivity index (χ3n) is 8.19. The number of hydrogen-bond acceptors (Lipinski definition) is 3. The summed E-state index contributed by atoms with van der Waals surface area (Å²) in [7, 11) is 0. The predicted octanol–water partition coefficient (Wildman–Crippen LogP) is 21.0. The van der Waals surface area contributed by atoms with Crippen molar-refractivity contribution in [3.05, 3.63) is 287 Å². The van der Waals surface area contributed by atoms with Crippen molar-refractivity contribution in [2.24, 2.45) is 0 Å². The van der Waals surface area contributed by atoms with Gasteiger partial charge in [-0.25, -0.2) is 0 Å². The van der Waals surface area contributed by atoms with Gasteiger partial charge in [-0.1, -0.05) is 353 Å². The van der Waals surface area contributed by atoms with Crippen LogP contribution < -0.4 is 0 Å². The van der Waals surface area contributed by atoms with Crippen LogP contribution in [0.1, 0.15) is 161 Å². The van der Waals surface area contributed by atoms with E-state index in [2.05, 4.69) is 132 Å². The van der Waals surface area contributed by atoms with Crippen LogP contribution in [0.3, 0.4) is 0 Å². The summed E-state index contributed by atoms with van der Waals surface area (Å²) >= 11 is 0. The third-order valence-corrected chi connectivity index (χ3v) is 8.19. The molecule has 73 heavy (non-hydrogen) atoms. The van der Waals surface area contributed by atoms with E-state index in [9.17, 15) is 14.4 Å². The molecule has 0 aliphatic heterocycles. The summed E-state index contributed by atoms with van der Waals surface area (Å²) in [4.78, 5) is 33.1. The van der Waals surface area contributed by atoms with Gasteiger partial charge in [-0.3, -0.25) is 14.4 Å². The zero-order valence-corrected chi connectivity index (χ0v) is 46.6. The second-order valence-electron chi connectivity index (χ2n) is 16.4. The van der Waals surface area contributed by atoms with E-state index in [4.69, 9.17) is 0 Å². The van der Waals surface area contributed by atoms with Gasteiger partial charge in [0.25, 0.3) is 0 Å². The van der Waals surface area contributed by atoms with Crippen LogP contribution in [-0.4, -0.2) is 17.3 Å². The maximum atomic E-state index is 11.8. The molecule has 0 spiro atoms. The van der Waals surface area contributed by atoms with E-state index in [1.54, 1.807) is 13.8 Å². The highest BCUT2D eigenvalue weighted by atomic mass is 16.1. The monoisotopic (exact) mass is 983 g/mol. The molecule has 3 heteroatoms. The molecule has 3 nitrogen and oxygen atoms in total. The quantitative estimate of drug-likeness (QED) is 0.165. The molecule has 0 N–H and O–H groups in total. The fraction of sp³-hybridized carbons (Fsp3) is 0.271. The van der Waals surface area contributed by atoms with Crippen LogP contribution in [0.2, 0.25) is 0 Å². The van der Waals surface area contributed by atoms with E-state index >= 15 is 0 Å². The third kappa shape index (κ3) is 48.2. The van der Waals surface area contributed by atoms with Crippen molar-refractivity contribution in [2.45, 2.75) is 130 Å². The molecule has 0 bridgehead atoms. The van der Waals surface area contributed by atoms with Gasteiger partial charge >= 0.3 is 0 Å². The Morgan fingerprint density at radius 2 is 0.370 bits per heavy atom. The van der Waals surface area contributed by atoms with E-state index < -0.39 is 0 Å². The van der Waals surface area contributed by atoms with Crippen LogP contribution in [0.4, 0.5) is 0 Å². The Morgan fingerprint density at radius 3 is 0.466 bits per heavy atom. The average Bonchev–Trinajstić information content (AvgIpc) is 3.40. The molecule has 8 aromatic rings. The van der Waals surface area contributed by atoms with Crippen LogP contribution in [0, 0.1) is 27.7 Å². The summed E-state index contributed by atoms with van der Waals surface area (Å²) < 4.78 is 0. The van der Waals surface area contributed by atoms with Gasteiger partial charge in [0.05, 0.1) is 0 Å². The minimum Gasteiger partial charge on any atom is -0.295 e. The van der Waals surface area contributed by atoms with Crippen molar-refractivity contribution >= 4 is 17.3 Å². The molecule has 0 atom stereocenters. The van der Waals surface area contributed by atoms with Gasteiger partial charge in [0.2, 0.25) is 0 Å². The van der Waals surface area contributed by atoms with Gasteiger partial charge in [-0.15, -0.1) is 0 Å². The molecule has 0 amide bonds. The molecule has 392 valence electrons. The van der Waals surface area contributed by atoms with Gasteiger partial charge in [0, 0.05) is 22.3 Å². The zero-order chi connectivity index (χ0) is 54.5. The lowest BCUT2D eigenvalue weighted by atomic mass is 10.0. The molecule has 0 fully saturated rings. The van der Waals surface area contributed by atoms with Crippen molar-refractivity contribution in [1.82, 2.24) is 0 Å². The molecule has 0 aromatic heterocycles. The molecule has 0 saturated heterocycles. The SMILES string of the molecule is C.CC(=O)c1ccccc1.CC(=O)c1ccccc1.CCC.CCC.CCC.CCC.Cc1ccccc1.Cc1ccccc1.Cc1ccccc1.Cc1ccccc1.O=C(c1ccccc1)c1ccccc1. The molecular formula is C70H94O3. The second-order valence-corrected chi connectivity index (χ2v) is 16.4. The summed E-state index contributed by atoms with van der Waals surface area (Å²) in [5, 5.41) is 0. The molecule has 0 heterocycles. The van der Waals surface area contributed by atoms with Crippen LogP contribution in [0.5, 0.6) is 0 Å². The normalized spacial score (nSPS) is 8.41. The van der Waals surface area contributed by atoms with Gasteiger partial charge in [-0.2, -0.15) is 0 Å². The maximum absolute atomic E-state index is 11.8. The van der Waals surface area contributed by atoms with Crippen molar-refractivity contribution in [3.8, 4) is 0 Å². The molecule has 0 unspecified atom stereocenters. The predicted molar refractivity (Wildman–Crippen MR) is 325 cm³/mol. The Balaban J connectivity index is -0.000000371. The van der Waals surface area contributed by atoms with Crippen LogP contribution in [0.15, 0.2) is 243 Å². The smallest absolute Gasteiger partial charge is 0.193 e. The van der Waals surface area contributed by atoms with Crippen molar-refractivity contribution in [1.29, 1.82) is 0 Å². The first-order chi connectivity index (χ1) is 34.7. The zero-order valence-electron chi connectivity index (χ0n) is 46.6. The number of Topliss-reactive ketones (excluding diaryl/α,β-unsaturated/α-hetero) is 2. The van der Waals surface area contributed by atoms with E-state index in [1.165, 1.54) is 47.9 Å². The number of carbonyl (C=O) groups is 3. The van der Waals surface area contributed by atoms with Crippen molar-refractivity contribution < 1.29 is 14.4 Å². The minimum atomic E-state index is 0. The van der Waals surface area contributed by atoms with Crippen molar-refractivity contribution in [2.75, 3.05) is 0 Å². The first kappa shape index (κ1) is 72.3. The highest BCUT2D eigenvalue weighted by Gasteiger charge is 2.06. The van der Waals surface area contributed by atoms with Gasteiger partial charge in [0.15, 0.2) is 17.3 Å². The molecular weight excluding hydrogens is 889 g/mol. The number of hydrogen-bond donors (Lipinski definition) is 0. The fourth-order valence-corrected chi connectivity index (χ4v) is 4.83. The number of carbonyl (C=O) groups excluding carboxylic acids is 3. The Bertz CT molecular complexity index is 2080. The molecule has 8 aromatic carbocycles. The summed E-state index contributed by atoms with van der Waals surface area (Å²) in [6.07, 6.45) is 5.00. The number of ketones is 3. The summed E-state index contributed by atoms with van der Waals surface area (Å²) in [5.74, 6) is 0.317. The summed E-state index contributed by atoms with van der Waals surface area (Å²) in [5.41, 5.74) is 8.31. The molecule has 0 aliphatic rings. The molecule has 0 saturated carbocycles. The van der Waals surface area contributed by atoms with Crippen molar-refractivity contribution in [3.63, 3.8) is 0 Å². The molecule has 0 radical (unpaired) electrons. The van der Waals surface area contributed by atoms with E-state index in [0.717, 1.165) is 22.3 Å². The Hall–Kier alpha value is -7.23. The summed E-state index contributed by atoms with van der Waals surface area (Å²) in [6.45, 7) is 28.5. The fourth-order valence-electron chi connectivity index (χ4n) is 4.83. The highest BCUT2D eigenvalue weighted by molar-refractivity contribution is 6.08. The Morgan fingerprint density at radius 1 is 0.247 bits per heavy atom. The first-order valence-electron chi connectivity index (χ1n) is 25.6. The number of aryl methyl sites for hydroxylation is 4. The van der Waals surface area contributed by atoms with E-state index in [-0.39, 0.29) is 24.8 Å². The largest absolute Gasteiger partial charge is 0.295 e. The lowest BCUT2D eigenvalue weighted by Crippen LogP contribution is -1.99. The number of rotatable bonds is 4. The average molecular weight is 984 g/mol. The first-order valence-corrected chi connectivity index (χ1v) is 25.6. The Labute approximate surface area is 446 Å². The summed E-state index contributed by atoms with van der Waals surface area (Å²) in [6, 6.07) is 78.1. The molecule has 8 rings (SSSR count). The topological polar surface area (TPSA) is 51.2 Å². The van der Waals surface area contributed by atoms with Crippen LogP contribution >= 0.6 is 0 Å². The number of benzene rings is 8. The van der Waals surface area contributed by atoms with Crippen LogP contribution in [0.25, 0.3) is 0 Å². The minimum absolute atomic E-state index is 0. The van der Waals surface area contributed by atoms with Crippen LogP contribution in [-0.2, 0) is 0 Å². The standard InChI is InChI=1S/C13H10O.2C8H8O.4C7H8.4C3H8.CH4/c14-13(11-7-3-1-4-8-11)12-9-5-2-6-10-12;2*1-7(9)8-5-3-2-4-6-8;4*1-7-5-3-2-4-6-7;4*1-3-2;/h1-10H;2*2-6H,1H3;4*2-6H,1H3;4*3H2,1-2H3;1H4. The Kier molecular flexibility index (Phi) is 53.6. The van der Waals surface area contributed by atoms with Gasteiger partial charge in [-0.05, 0) is 41.5 Å². The van der Waals surface area contributed by atoms with Gasteiger partial charge < -0.3 is 0 Å². The van der Waals surface area contributed by atoms with E-state index in [1.807, 2.05) is 194 Å². The molecule has 0 aliphatic carbocycles. The highest BCUT2D eigenvalue weighted by Crippen LogP contribution is 2.08.